The van der Waals surface area contributed by atoms with Crippen LogP contribution in [0.15, 0.2) is 48.5 Å². The molecule has 1 fully saturated rings. The second-order valence-corrected chi connectivity index (χ2v) is 5.95. The van der Waals surface area contributed by atoms with Crippen LogP contribution in [0.5, 0.6) is 0 Å². The summed E-state index contributed by atoms with van der Waals surface area (Å²) in [6.45, 7) is 0.521. The van der Waals surface area contributed by atoms with E-state index in [2.05, 4.69) is 5.32 Å². The number of nitrogen functional groups attached to an aromatic ring is 1. The van der Waals surface area contributed by atoms with Crippen molar-refractivity contribution in [3.8, 4) is 0 Å². The lowest BCUT2D eigenvalue weighted by Gasteiger charge is -2.16. The van der Waals surface area contributed by atoms with Gasteiger partial charge in [-0.05, 0) is 48.2 Å². The molecule has 3 rings (SSSR count). The Labute approximate surface area is 129 Å². The van der Waals surface area contributed by atoms with E-state index in [1.54, 1.807) is 0 Å². The Morgan fingerprint density at radius 3 is 2.29 bits per heavy atom. The van der Waals surface area contributed by atoms with Crippen LogP contribution in [0.3, 0.4) is 0 Å². The molecule has 0 saturated heterocycles. The maximum atomic E-state index is 12.5. The largest absolute Gasteiger partial charge is 0.399 e. The fourth-order valence-electron chi connectivity index (χ4n) is 2.53. The summed E-state index contributed by atoms with van der Waals surface area (Å²) in [5, 5.41) is 3.72. The van der Waals surface area contributed by atoms with Crippen molar-refractivity contribution in [1.82, 2.24) is 5.32 Å². The van der Waals surface area contributed by atoms with Crippen molar-refractivity contribution in [3.05, 3.63) is 64.7 Å². The van der Waals surface area contributed by atoms with E-state index in [4.69, 9.17) is 17.3 Å². The van der Waals surface area contributed by atoms with Gasteiger partial charge in [0.1, 0.15) is 0 Å². The van der Waals surface area contributed by atoms with E-state index >= 15 is 0 Å². The van der Waals surface area contributed by atoms with Gasteiger partial charge in [-0.3, -0.25) is 4.79 Å². The molecule has 0 atom stereocenters. The number of benzene rings is 2. The van der Waals surface area contributed by atoms with Crippen LogP contribution in [0.25, 0.3) is 0 Å². The Hall–Kier alpha value is -2.00. The third-order valence-electron chi connectivity index (χ3n) is 4.01. The third kappa shape index (κ3) is 2.88. The molecule has 2 aromatic carbocycles. The number of hydrogen-bond acceptors (Lipinski definition) is 2. The van der Waals surface area contributed by atoms with Gasteiger partial charge in [-0.2, -0.15) is 0 Å². The first-order valence-corrected chi connectivity index (χ1v) is 7.37. The molecular formula is C17H17ClN2O. The summed E-state index contributed by atoms with van der Waals surface area (Å²) in [6, 6.07) is 15.1. The maximum absolute atomic E-state index is 12.5. The highest BCUT2D eigenvalue weighted by Crippen LogP contribution is 2.48. The van der Waals surface area contributed by atoms with E-state index in [0.717, 1.165) is 29.7 Å². The molecule has 0 aromatic heterocycles. The number of nitrogens with two attached hydrogens (primary N) is 1. The van der Waals surface area contributed by atoms with Crippen molar-refractivity contribution >= 4 is 23.2 Å². The lowest BCUT2D eigenvalue weighted by atomic mass is 9.94. The fraction of sp³-hybridized carbons (Fsp3) is 0.235. The van der Waals surface area contributed by atoms with Crippen LogP contribution >= 0.6 is 11.6 Å². The summed E-state index contributed by atoms with van der Waals surface area (Å²) in [6.07, 6.45) is 1.78. The minimum absolute atomic E-state index is 0.0854. The Morgan fingerprint density at radius 2 is 1.71 bits per heavy atom. The summed E-state index contributed by atoms with van der Waals surface area (Å²) in [7, 11) is 0. The van der Waals surface area contributed by atoms with E-state index in [1.807, 2.05) is 48.5 Å². The predicted molar refractivity (Wildman–Crippen MR) is 85.1 cm³/mol. The fourth-order valence-corrected chi connectivity index (χ4v) is 2.65. The molecule has 21 heavy (non-hydrogen) atoms. The minimum Gasteiger partial charge on any atom is -0.399 e. The first-order valence-electron chi connectivity index (χ1n) is 6.99. The molecule has 0 aliphatic heterocycles. The standard InChI is InChI=1S/C17H17ClN2O/c18-14-5-1-12(2-6-14)11-20-16(21)17(9-10-17)13-3-7-15(19)8-4-13/h1-8H,9-11,19H2,(H,20,21). The predicted octanol–water partition coefficient (Wildman–Crippen LogP) is 3.27. The zero-order valence-electron chi connectivity index (χ0n) is 11.6. The number of halogens is 1. The molecule has 0 spiro atoms. The molecule has 0 bridgehead atoms. The molecular weight excluding hydrogens is 284 g/mol. The highest BCUT2D eigenvalue weighted by Gasteiger charge is 2.50. The first kappa shape index (κ1) is 14.0. The van der Waals surface area contributed by atoms with Gasteiger partial charge in [-0.15, -0.1) is 0 Å². The van der Waals surface area contributed by atoms with Gasteiger partial charge in [0.2, 0.25) is 5.91 Å². The Kier molecular flexibility index (Phi) is 3.60. The Bertz CT molecular complexity index is 645. The summed E-state index contributed by atoms with van der Waals surface area (Å²) in [4.78, 5) is 12.5. The van der Waals surface area contributed by atoms with Crippen LogP contribution < -0.4 is 11.1 Å². The number of anilines is 1. The topological polar surface area (TPSA) is 55.1 Å². The van der Waals surface area contributed by atoms with Crippen LogP contribution in [0.1, 0.15) is 24.0 Å². The smallest absolute Gasteiger partial charge is 0.230 e. The second-order valence-electron chi connectivity index (χ2n) is 5.51. The zero-order chi connectivity index (χ0) is 14.9. The number of nitrogens with one attached hydrogen (secondary N) is 1. The average molecular weight is 301 g/mol. The Balaban J connectivity index is 1.67. The highest BCUT2D eigenvalue weighted by molar-refractivity contribution is 6.30. The van der Waals surface area contributed by atoms with Crippen molar-refractivity contribution in [3.63, 3.8) is 0 Å². The van der Waals surface area contributed by atoms with E-state index in [0.29, 0.717) is 11.6 Å². The first-order chi connectivity index (χ1) is 10.1. The number of amides is 1. The van der Waals surface area contributed by atoms with Gasteiger partial charge in [0.05, 0.1) is 5.41 Å². The highest BCUT2D eigenvalue weighted by atomic mass is 35.5. The molecule has 3 nitrogen and oxygen atoms in total. The molecule has 1 saturated carbocycles. The normalized spacial score (nSPS) is 15.5. The van der Waals surface area contributed by atoms with E-state index in [9.17, 15) is 4.79 Å². The van der Waals surface area contributed by atoms with Crippen LogP contribution in [-0.4, -0.2) is 5.91 Å². The second kappa shape index (κ2) is 5.41. The molecule has 3 N–H and O–H groups in total. The Morgan fingerprint density at radius 1 is 1.10 bits per heavy atom. The average Bonchev–Trinajstić information content (AvgIpc) is 3.29. The quantitative estimate of drug-likeness (QED) is 0.852. The van der Waals surface area contributed by atoms with Crippen molar-refractivity contribution < 1.29 is 4.79 Å². The van der Waals surface area contributed by atoms with Crippen LogP contribution in [-0.2, 0) is 16.8 Å². The van der Waals surface area contributed by atoms with Gasteiger partial charge >= 0.3 is 0 Å². The molecule has 1 aliphatic rings. The van der Waals surface area contributed by atoms with Crippen LogP contribution in [0, 0.1) is 0 Å². The summed E-state index contributed by atoms with van der Waals surface area (Å²) in [5.41, 5.74) is 8.15. The van der Waals surface area contributed by atoms with Gasteiger partial charge in [-0.1, -0.05) is 35.9 Å². The lowest BCUT2D eigenvalue weighted by Crippen LogP contribution is -2.34. The molecule has 1 aliphatic carbocycles. The van der Waals surface area contributed by atoms with Gasteiger partial charge in [0, 0.05) is 17.3 Å². The zero-order valence-corrected chi connectivity index (χ0v) is 12.4. The van der Waals surface area contributed by atoms with Crippen molar-refractivity contribution in [2.75, 3.05) is 5.73 Å². The number of carbonyl (C=O) groups is 1. The van der Waals surface area contributed by atoms with Crippen molar-refractivity contribution in [2.45, 2.75) is 24.8 Å². The van der Waals surface area contributed by atoms with Crippen LogP contribution in [0.2, 0.25) is 5.02 Å². The lowest BCUT2D eigenvalue weighted by molar-refractivity contribution is -0.123. The van der Waals surface area contributed by atoms with E-state index in [-0.39, 0.29) is 11.3 Å². The van der Waals surface area contributed by atoms with Crippen molar-refractivity contribution in [1.29, 1.82) is 0 Å². The van der Waals surface area contributed by atoms with E-state index < -0.39 is 0 Å². The molecule has 0 unspecified atom stereocenters. The minimum atomic E-state index is -0.361. The summed E-state index contributed by atoms with van der Waals surface area (Å²) >= 11 is 5.85. The SMILES string of the molecule is Nc1ccc(C2(C(=O)NCc3ccc(Cl)cc3)CC2)cc1. The van der Waals surface area contributed by atoms with Gasteiger partial charge in [-0.25, -0.2) is 0 Å². The molecule has 1 amide bonds. The van der Waals surface area contributed by atoms with E-state index in [1.165, 1.54) is 0 Å². The maximum Gasteiger partial charge on any atom is 0.230 e. The monoisotopic (exact) mass is 300 g/mol. The van der Waals surface area contributed by atoms with Crippen molar-refractivity contribution in [2.24, 2.45) is 0 Å². The number of carbonyl (C=O) groups excluding carboxylic acids is 1. The molecule has 0 radical (unpaired) electrons. The number of rotatable bonds is 4. The summed E-state index contributed by atoms with van der Waals surface area (Å²) in [5.74, 6) is 0.0854. The molecule has 2 aromatic rings. The molecule has 4 heteroatoms. The third-order valence-corrected chi connectivity index (χ3v) is 4.27. The summed E-state index contributed by atoms with van der Waals surface area (Å²) < 4.78 is 0. The molecule has 0 heterocycles. The van der Waals surface area contributed by atoms with Gasteiger partial charge < -0.3 is 11.1 Å². The van der Waals surface area contributed by atoms with Gasteiger partial charge in [0.15, 0.2) is 0 Å². The number of hydrogen-bond donors (Lipinski definition) is 2. The van der Waals surface area contributed by atoms with Gasteiger partial charge in [0.25, 0.3) is 0 Å². The molecule has 108 valence electrons. The van der Waals surface area contributed by atoms with Crippen LogP contribution in [0.4, 0.5) is 5.69 Å².